The van der Waals surface area contributed by atoms with Gasteiger partial charge in [0.15, 0.2) is 0 Å². The van der Waals surface area contributed by atoms with E-state index >= 15 is 0 Å². The standard InChI is InChI=1S/C13H15FN4O.ClH/c1-18-11-5-4-8(14)7-10(11)16-13(18)17-12(19)9-3-2-6-15-9;/h4-5,7,9,15H,2-3,6H2,1H3,(H,16,17,19);1H. The molecule has 20 heavy (non-hydrogen) atoms. The van der Waals surface area contributed by atoms with E-state index in [1.54, 1.807) is 17.7 Å². The molecule has 2 heterocycles. The molecule has 1 atom stereocenters. The molecule has 1 aromatic heterocycles. The van der Waals surface area contributed by atoms with Crippen LogP contribution >= 0.6 is 12.4 Å². The second-order valence-electron chi connectivity index (χ2n) is 4.77. The molecule has 3 rings (SSSR count). The van der Waals surface area contributed by atoms with Crippen LogP contribution in [0.5, 0.6) is 0 Å². The van der Waals surface area contributed by atoms with Crippen molar-refractivity contribution in [2.24, 2.45) is 7.05 Å². The van der Waals surface area contributed by atoms with E-state index in [2.05, 4.69) is 15.6 Å². The summed E-state index contributed by atoms with van der Waals surface area (Å²) in [6.45, 7) is 0.867. The molecule has 108 valence electrons. The molecule has 0 bridgehead atoms. The lowest BCUT2D eigenvalue weighted by Gasteiger charge is -2.10. The van der Waals surface area contributed by atoms with Gasteiger partial charge in [0.25, 0.3) is 0 Å². The fraction of sp³-hybridized carbons (Fsp3) is 0.385. The summed E-state index contributed by atoms with van der Waals surface area (Å²) < 4.78 is 14.9. The van der Waals surface area contributed by atoms with Crippen molar-refractivity contribution >= 4 is 35.3 Å². The molecule has 1 fully saturated rings. The van der Waals surface area contributed by atoms with Crippen molar-refractivity contribution in [3.63, 3.8) is 0 Å². The van der Waals surface area contributed by atoms with E-state index in [1.165, 1.54) is 12.1 Å². The average molecular weight is 299 g/mol. The molecule has 0 saturated carbocycles. The fourth-order valence-corrected chi connectivity index (χ4v) is 2.39. The van der Waals surface area contributed by atoms with Crippen molar-refractivity contribution in [3.8, 4) is 0 Å². The molecule has 0 aliphatic carbocycles. The van der Waals surface area contributed by atoms with Gasteiger partial charge in [-0.1, -0.05) is 0 Å². The first-order valence-corrected chi connectivity index (χ1v) is 6.31. The zero-order valence-corrected chi connectivity index (χ0v) is 11.8. The Morgan fingerprint density at radius 3 is 3.05 bits per heavy atom. The van der Waals surface area contributed by atoms with E-state index in [4.69, 9.17) is 0 Å². The Hall–Kier alpha value is -1.66. The van der Waals surface area contributed by atoms with Crippen LogP contribution in [0.3, 0.4) is 0 Å². The van der Waals surface area contributed by atoms with Crippen LogP contribution in [0.4, 0.5) is 10.3 Å². The smallest absolute Gasteiger partial charge is 0.243 e. The number of carbonyl (C=O) groups excluding carboxylic acids is 1. The molecule has 1 aliphatic heterocycles. The third-order valence-electron chi connectivity index (χ3n) is 3.45. The molecule has 0 radical (unpaired) electrons. The molecule has 1 aliphatic rings. The highest BCUT2D eigenvalue weighted by atomic mass is 35.5. The van der Waals surface area contributed by atoms with E-state index in [-0.39, 0.29) is 30.2 Å². The minimum atomic E-state index is -0.332. The molecule has 1 saturated heterocycles. The first kappa shape index (κ1) is 14.7. The summed E-state index contributed by atoms with van der Waals surface area (Å²) in [5.41, 5.74) is 1.33. The second kappa shape index (κ2) is 5.76. The summed E-state index contributed by atoms with van der Waals surface area (Å²) >= 11 is 0. The summed E-state index contributed by atoms with van der Waals surface area (Å²) in [6.07, 6.45) is 1.84. The first-order valence-electron chi connectivity index (χ1n) is 6.31. The summed E-state index contributed by atoms with van der Waals surface area (Å²) in [5.74, 6) is 0.0246. The van der Waals surface area contributed by atoms with Crippen LogP contribution < -0.4 is 10.6 Å². The maximum Gasteiger partial charge on any atom is 0.243 e. The first-order chi connectivity index (χ1) is 9.15. The van der Waals surface area contributed by atoms with Crippen molar-refractivity contribution in [3.05, 3.63) is 24.0 Å². The molecular formula is C13H16ClFN4O. The van der Waals surface area contributed by atoms with Crippen LogP contribution in [0.15, 0.2) is 18.2 Å². The Kier molecular flexibility index (Phi) is 4.25. The summed E-state index contributed by atoms with van der Waals surface area (Å²) in [5, 5.41) is 5.92. The number of benzene rings is 1. The van der Waals surface area contributed by atoms with Gasteiger partial charge < -0.3 is 9.88 Å². The van der Waals surface area contributed by atoms with Crippen LogP contribution in [0.25, 0.3) is 11.0 Å². The van der Waals surface area contributed by atoms with Gasteiger partial charge in [0.1, 0.15) is 5.82 Å². The zero-order valence-electron chi connectivity index (χ0n) is 11.0. The Bertz CT molecular complexity index is 637. The number of fused-ring (bicyclic) bond motifs is 1. The summed E-state index contributed by atoms with van der Waals surface area (Å²) in [4.78, 5) is 16.3. The topological polar surface area (TPSA) is 59.0 Å². The van der Waals surface area contributed by atoms with E-state index in [9.17, 15) is 9.18 Å². The quantitative estimate of drug-likeness (QED) is 0.889. The van der Waals surface area contributed by atoms with Crippen molar-refractivity contribution in [2.75, 3.05) is 11.9 Å². The highest BCUT2D eigenvalue weighted by Gasteiger charge is 2.23. The van der Waals surface area contributed by atoms with E-state index < -0.39 is 0 Å². The number of aromatic nitrogens is 2. The minimum Gasteiger partial charge on any atom is -0.313 e. The Balaban J connectivity index is 0.00000147. The number of amides is 1. The molecular weight excluding hydrogens is 283 g/mol. The van der Waals surface area contributed by atoms with Crippen molar-refractivity contribution < 1.29 is 9.18 Å². The average Bonchev–Trinajstić information content (AvgIpc) is 2.99. The number of halogens is 2. The lowest BCUT2D eigenvalue weighted by molar-refractivity contribution is -0.117. The highest BCUT2D eigenvalue weighted by Crippen LogP contribution is 2.19. The fourth-order valence-electron chi connectivity index (χ4n) is 2.39. The molecule has 2 N–H and O–H groups in total. The van der Waals surface area contributed by atoms with Crippen molar-refractivity contribution in [1.29, 1.82) is 0 Å². The summed E-state index contributed by atoms with van der Waals surface area (Å²) in [6, 6.07) is 4.24. The van der Waals surface area contributed by atoms with E-state index in [1.807, 2.05) is 0 Å². The maximum atomic E-state index is 13.1. The Morgan fingerprint density at radius 2 is 2.35 bits per heavy atom. The molecule has 1 aromatic carbocycles. The number of nitrogens with zero attached hydrogens (tertiary/aromatic N) is 2. The van der Waals surface area contributed by atoms with Gasteiger partial charge in [-0.25, -0.2) is 9.37 Å². The molecule has 5 nitrogen and oxygen atoms in total. The highest BCUT2D eigenvalue weighted by molar-refractivity contribution is 5.95. The van der Waals surface area contributed by atoms with Gasteiger partial charge in [-0.05, 0) is 31.5 Å². The van der Waals surface area contributed by atoms with Crippen molar-refractivity contribution in [1.82, 2.24) is 14.9 Å². The minimum absolute atomic E-state index is 0. The maximum absolute atomic E-state index is 13.1. The molecule has 7 heteroatoms. The molecule has 1 unspecified atom stereocenters. The van der Waals surface area contributed by atoms with Crippen LogP contribution in [0, 0.1) is 5.82 Å². The van der Waals surface area contributed by atoms with Crippen LogP contribution in [0.1, 0.15) is 12.8 Å². The van der Waals surface area contributed by atoms with Gasteiger partial charge >= 0.3 is 0 Å². The van der Waals surface area contributed by atoms with Gasteiger partial charge in [-0.3, -0.25) is 10.1 Å². The molecule has 1 amide bonds. The molecule has 2 aromatic rings. The normalized spacial score (nSPS) is 18.0. The predicted molar refractivity (Wildman–Crippen MR) is 77.6 cm³/mol. The molecule has 0 spiro atoms. The predicted octanol–water partition coefficient (Wildman–Crippen LogP) is 1.82. The number of anilines is 1. The second-order valence-corrected chi connectivity index (χ2v) is 4.77. The number of rotatable bonds is 2. The van der Waals surface area contributed by atoms with Gasteiger partial charge in [-0.15, -0.1) is 12.4 Å². The number of imidazole rings is 1. The van der Waals surface area contributed by atoms with Crippen LogP contribution in [-0.2, 0) is 11.8 Å². The van der Waals surface area contributed by atoms with Crippen molar-refractivity contribution in [2.45, 2.75) is 18.9 Å². The van der Waals surface area contributed by atoms with Gasteiger partial charge in [0.2, 0.25) is 11.9 Å². The summed E-state index contributed by atoms with van der Waals surface area (Å²) in [7, 11) is 1.80. The number of hydrogen-bond donors (Lipinski definition) is 2. The number of carbonyl (C=O) groups is 1. The SMILES string of the molecule is Cl.Cn1c(NC(=O)C2CCCN2)nc2cc(F)ccc21. The number of hydrogen-bond acceptors (Lipinski definition) is 3. The third-order valence-corrected chi connectivity index (χ3v) is 3.45. The van der Waals surface area contributed by atoms with Gasteiger partial charge in [0.05, 0.1) is 17.1 Å². The largest absolute Gasteiger partial charge is 0.313 e. The number of nitrogens with one attached hydrogen (secondary N) is 2. The Morgan fingerprint density at radius 1 is 1.55 bits per heavy atom. The van der Waals surface area contributed by atoms with E-state index in [0.717, 1.165) is 24.9 Å². The van der Waals surface area contributed by atoms with Gasteiger partial charge in [-0.2, -0.15) is 0 Å². The van der Waals surface area contributed by atoms with Gasteiger partial charge in [0, 0.05) is 13.1 Å². The van der Waals surface area contributed by atoms with E-state index in [0.29, 0.717) is 11.5 Å². The van der Waals surface area contributed by atoms with Crippen LogP contribution in [-0.4, -0.2) is 28.0 Å². The zero-order chi connectivity index (χ0) is 13.4. The lowest BCUT2D eigenvalue weighted by atomic mass is 10.2. The van der Waals surface area contributed by atoms with Crippen LogP contribution in [0.2, 0.25) is 0 Å². The lowest BCUT2D eigenvalue weighted by Crippen LogP contribution is -2.36. The number of aryl methyl sites for hydroxylation is 1. The third kappa shape index (κ3) is 2.62. The Labute approximate surface area is 122 Å². The monoisotopic (exact) mass is 298 g/mol.